The van der Waals surface area contributed by atoms with Gasteiger partial charge in [-0.1, -0.05) is 140 Å². The fourth-order valence-electron chi connectivity index (χ4n) is 9.20. The monoisotopic (exact) mass is 841 g/mol. The fraction of sp³-hybridized carbons (Fsp3) is 0. The predicted octanol–water partition coefficient (Wildman–Crippen LogP) is 18.0. The van der Waals surface area contributed by atoms with Gasteiger partial charge in [0.1, 0.15) is 0 Å². The SMILES string of the molecule is c1ccc(N(c2ccccc2)c2cc(N(c3ccccc3)c3ccccc3)c3c(c2)sc2c4ccccc4c(N(c4ccccc4)c4ccc5c(c4)sc4ccccc45)cc23)cc1. The molecule has 3 nitrogen and oxygen atoms in total. The highest BCUT2D eigenvalue weighted by atomic mass is 32.1. The average molecular weight is 842 g/mol. The summed E-state index contributed by atoms with van der Waals surface area (Å²) in [5, 5.41) is 7.47. The third-order valence-corrected chi connectivity index (χ3v) is 14.3. The summed E-state index contributed by atoms with van der Waals surface area (Å²) in [6.45, 7) is 0. The Balaban J connectivity index is 1.18. The van der Waals surface area contributed by atoms with E-state index < -0.39 is 0 Å². The van der Waals surface area contributed by atoms with Gasteiger partial charge in [-0.25, -0.2) is 0 Å². The molecule has 12 rings (SSSR count). The van der Waals surface area contributed by atoms with E-state index in [2.05, 4.69) is 251 Å². The summed E-state index contributed by atoms with van der Waals surface area (Å²) in [7, 11) is 0. The maximum Gasteiger partial charge on any atom is 0.0575 e. The van der Waals surface area contributed by atoms with Crippen molar-refractivity contribution in [1.82, 2.24) is 0 Å². The molecule has 298 valence electrons. The summed E-state index contributed by atoms with van der Waals surface area (Å²) in [6, 6.07) is 85.8. The highest BCUT2D eigenvalue weighted by Crippen LogP contribution is 2.53. The second-order valence-electron chi connectivity index (χ2n) is 15.7. The molecule has 0 fully saturated rings. The number of rotatable bonds is 9. The van der Waals surface area contributed by atoms with Crippen LogP contribution in [0.25, 0.3) is 51.1 Å². The Morgan fingerprint density at radius 2 is 0.683 bits per heavy atom. The van der Waals surface area contributed by atoms with E-state index in [9.17, 15) is 0 Å². The Labute approximate surface area is 374 Å². The van der Waals surface area contributed by atoms with Crippen LogP contribution in [0.4, 0.5) is 51.2 Å². The van der Waals surface area contributed by atoms with Gasteiger partial charge in [-0.3, -0.25) is 0 Å². The van der Waals surface area contributed by atoms with Crippen molar-refractivity contribution >= 4 is 125 Å². The molecule has 5 heteroatoms. The molecule has 0 aliphatic rings. The quantitative estimate of drug-likeness (QED) is 0.143. The molecule has 0 N–H and O–H groups in total. The van der Waals surface area contributed by atoms with Gasteiger partial charge in [-0.15, -0.1) is 22.7 Å². The fourth-order valence-corrected chi connectivity index (χ4v) is 11.6. The van der Waals surface area contributed by atoms with E-state index in [0.717, 1.165) is 51.2 Å². The molecule has 0 aliphatic heterocycles. The minimum absolute atomic E-state index is 1.09. The number of fused-ring (bicyclic) bond motifs is 8. The van der Waals surface area contributed by atoms with Crippen molar-refractivity contribution in [2.24, 2.45) is 0 Å². The van der Waals surface area contributed by atoms with Crippen LogP contribution < -0.4 is 14.7 Å². The number of thiophene rings is 2. The normalized spacial score (nSPS) is 11.5. The zero-order valence-corrected chi connectivity index (χ0v) is 35.8. The van der Waals surface area contributed by atoms with Gasteiger partial charge in [-0.05, 0) is 97.1 Å². The molecule has 63 heavy (non-hydrogen) atoms. The Hall–Kier alpha value is -7.70. The minimum atomic E-state index is 1.09. The number of anilines is 9. The van der Waals surface area contributed by atoms with Crippen LogP contribution in [0.5, 0.6) is 0 Å². The van der Waals surface area contributed by atoms with Crippen LogP contribution in [0, 0.1) is 0 Å². The van der Waals surface area contributed by atoms with E-state index in [4.69, 9.17) is 0 Å². The van der Waals surface area contributed by atoms with Gasteiger partial charge in [0.2, 0.25) is 0 Å². The molecule has 0 radical (unpaired) electrons. The minimum Gasteiger partial charge on any atom is -0.310 e. The van der Waals surface area contributed by atoms with Gasteiger partial charge in [0.05, 0.1) is 11.4 Å². The van der Waals surface area contributed by atoms with E-state index in [0.29, 0.717) is 0 Å². The summed E-state index contributed by atoms with van der Waals surface area (Å²) >= 11 is 3.74. The molecule has 10 aromatic carbocycles. The van der Waals surface area contributed by atoms with E-state index in [1.807, 2.05) is 22.7 Å². The molecule has 0 saturated carbocycles. The molecule has 0 aliphatic carbocycles. The molecule has 2 heterocycles. The van der Waals surface area contributed by atoms with Gasteiger partial charge in [0, 0.05) is 90.9 Å². The second kappa shape index (κ2) is 15.6. The largest absolute Gasteiger partial charge is 0.310 e. The average Bonchev–Trinajstić information content (AvgIpc) is 3.92. The molecule has 0 atom stereocenters. The lowest BCUT2D eigenvalue weighted by molar-refractivity contribution is 1.26. The van der Waals surface area contributed by atoms with Crippen molar-refractivity contribution in [1.29, 1.82) is 0 Å². The number of hydrogen-bond acceptors (Lipinski definition) is 5. The lowest BCUT2D eigenvalue weighted by Gasteiger charge is -2.30. The highest BCUT2D eigenvalue weighted by Gasteiger charge is 2.26. The zero-order chi connectivity index (χ0) is 41.7. The van der Waals surface area contributed by atoms with Crippen LogP contribution in [-0.4, -0.2) is 0 Å². The molecule has 0 amide bonds. The van der Waals surface area contributed by atoms with Crippen LogP contribution >= 0.6 is 22.7 Å². The summed E-state index contributed by atoms with van der Waals surface area (Å²) in [4.78, 5) is 7.28. The van der Waals surface area contributed by atoms with Crippen LogP contribution in [0.3, 0.4) is 0 Å². The zero-order valence-electron chi connectivity index (χ0n) is 34.2. The lowest BCUT2D eigenvalue weighted by Crippen LogP contribution is -2.13. The van der Waals surface area contributed by atoms with Crippen molar-refractivity contribution in [3.05, 3.63) is 237 Å². The first-order valence-electron chi connectivity index (χ1n) is 21.3. The summed E-state index contributed by atoms with van der Waals surface area (Å²) in [6.07, 6.45) is 0. The van der Waals surface area contributed by atoms with Gasteiger partial charge in [0.25, 0.3) is 0 Å². The molecule has 12 aromatic rings. The smallest absolute Gasteiger partial charge is 0.0575 e. The number of para-hydroxylation sites is 5. The first-order valence-corrected chi connectivity index (χ1v) is 22.9. The Bertz CT molecular complexity index is 3490. The van der Waals surface area contributed by atoms with Crippen LogP contribution in [-0.2, 0) is 0 Å². The second-order valence-corrected chi connectivity index (χ2v) is 17.9. The maximum atomic E-state index is 2.46. The van der Waals surface area contributed by atoms with Gasteiger partial charge < -0.3 is 14.7 Å². The van der Waals surface area contributed by atoms with E-state index in [1.165, 1.54) is 51.1 Å². The first-order chi connectivity index (χ1) is 31.3. The molecular formula is C58H39N3S2. The number of benzene rings is 10. The van der Waals surface area contributed by atoms with E-state index >= 15 is 0 Å². The third kappa shape index (κ3) is 6.49. The Kier molecular flexibility index (Phi) is 9.21. The van der Waals surface area contributed by atoms with E-state index in [1.54, 1.807) is 0 Å². The third-order valence-electron chi connectivity index (χ3n) is 12.0. The topological polar surface area (TPSA) is 9.72 Å². The molecule has 0 bridgehead atoms. The van der Waals surface area contributed by atoms with Crippen LogP contribution in [0.1, 0.15) is 0 Å². The molecule has 0 saturated heterocycles. The summed E-state index contributed by atoms with van der Waals surface area (Å²) in [5.74, 6) is 0. The van der Waals surface area contributed by atoms with E-state index in [-0.39, 0.29) is 0 Å². The standard InChI is InChI=1S/C58H39N3S2/c1-6-20-40(21-7-1)59(41-22-8-2-9-23-41)46-36-53(60(42-24-10-3-11-25-42)43-26-12-4-13-27-43)57-51-39-52(47-30-16-17-32-50(47)58(51)63-56(57)38-46)61(44-28-14-5-15-29-44)45-34-35-49-48-31-18-19-33-54(48)62-55(49)37-45/h1-39H. The predicted molar refractivity (Wildman–Crippen MR) is 274 cm³/mol. The molecule has 0 spiro atoms. The van der Waals surface area contributed by atoms with Crippen LogP contribution in [0.15, 0.2) is 237 Å². The molecule has 2 aromatic heterocycles. The number of hydrogen-bond donors (Lipinski definition) is 0. The number of nitrogens with zero attached hydrogens (tertiary/aromatic N) is 3. The van der Waals surface area contributed by atoms with Crippen molar-refractivity contribution in [3.63, 3.8) is 0 Å². The van der Waals surface area contributed by atoms with Gasteiger partial charge >= 0.3 is 0 Å². The summed E-state index contributed by atoms with van der Waals surface area (Å²) < 4.78 is 5.06. The van der Waals surface area contributed by atoms with Gasteiger partial charge in [0.15, 0.2) is 0 Å². The lowest BCUT2D eigenvalue weighted by atomic mass is 10.00. The van der Waals surface area contributed by atoms with Crippen molar-refractivity contribution in [3.8, 4) is 0 Å². The van der Waals surface area contributed by atoms with Crippen molar-refractivity contribution in [2.75, 3.05) is 14.7 Å². The van der Waals surface area contributed by atoms with Crippen LogP contribution in [0.2, 0.25) is 0 Å². The van der Waals surface area contributed by atoms with Crippen molar-refractivity contribution < 1.29 is 0 Å². The molecule has 0 unspecified atom stereocenters. The maximum absolute atomic E-state index is 2.46. The first kappa shape index (κ1) is 37.1. The molecular weight excluding hydrogens is 803 g/mol. The Morgan fingerprint density at radius 3 is 1.25 bits per heavy atom. The summed E-state index contributed by atoms with van der Waals surface area (Å²) in [5.41, 5.74) is 9.97. The highest BCUT2D eigenvalue weighted by molar-refractivity contribution is 7.27. The van der Waals surface area contributed by atoms with Crippen molar-refractivity contribution in [2.45, 2.75) is 0 Å². The Morgan fingerprint density at radius 1 is 0.238 bits per heavy atom. The van der Waals surface area contributed by atoms with Gasteiger partial charge in [-0.2, -0.15) is 0 Å².